The summed E-state index contributed by atoms with van der Waals surface area (Å²) in [6.07, 6.45) is 4.33. The van der Waals surface area contributed by atoms with E-state index in [0.717, 1.165) is 49.8 Å². The van der Waals surface area contributed by atoms with Crippen molar-refractivity contribution in [3.05, 3.63) is 70.0 Å². The molecule has 1 N–H and O–H groups in total. The number of carbonyl (C=O) groups excluding carboxylic acids is 1. The van der Waals surface area contributed by atoms with Crippen molar-refractivity contribution < 1.29 is 13.6 Å². The van der Waals surface area contributed by atoms with Crippen LogP contribution < -0.4 is 11.1 Å². The standard InChI is InChI=1S/C24H28FN3O3/c1-27-13-10-18(11-14-27)19-15-22-21(16-20(19)25)28(24(30)31-22)23(29)26-12-6-5-9-17-7-3-2-4-8-17/h2-4,7-8,15-16,18H,5-6,9-14H2,1H3,(H,26,29). The predicted octanol–water partition coefficient (Wildman–Crippen LogP) is 4.12. The van der Waals surface area contributed by atoms with Crippen LogP contribution in [0, 0.1) is 5.82 Å². The molecule has 164 valence electrons. The number of nitrogens with one attached hydrogen (secondary N) is 1. The SMILES string of the molecule is CN1CCC(c2cc3oc(=O)n(C(=O)NCCCCc4ccccc4)c3cc2F)CC1. The number of likely N-dealkylation sites (tertiary alicyclic amines) is 1. The van der Waals surface area contributed by atoms with E-state index in [1.165, 1.54) is 11.6 Å². The van der Waals surface area contributed by atoms with E-state index in [0.29, 0.717) is 12.1 Å². The molecule has 31 heavy (non-hydrogen) atoms. The third kappa shape index (κ3) is 4.88. The number of hydrogen-bond acceptors (Lipinski definition) is 4. The second-order valence-electron chi connectivity index (χ2n) is 8.30. The molecule has 0 aliphatic carbocycles. The van der Waals surface area contributed by atoms with Gasteiger partial charge < -0.3 is 14.6 Å². The first-order valence-electron chi connectivity index (χ1n) is 10.9. The van der Waals surface area contributed by atoms with Gasteiger partial charge >= 0.3 is 11.8 Å². The highest BCUT2D eigenvalue weighted by molar-refractivity contribution is 5.88. The van der Waals surface area contributed by atoms with Gasteiger partial charge in [-0.3, -0.25) is 0 Å². The Hall–Kier alpha value is -2.93. The van der Waals surface area contributed by atoms with Gasteiger partial charge in [-0.1, -0.05) is 30.3 Å². The molecule has 1 aliphatic heterocycles. The van der Waals surface area contributed by atoms with Crippen molar-refractivity contribution in [2.24, 2.45) is 0 Å². The van der Waals surface area contributed by atoms with E-state index >= 15 is 0 Å². The Morgan fingerprint density at radius 2 is 1.90 bits per heavy atom. The molecule has 2 heterocycles. The van der Waals surface area contributed by atoms with Crippen LogP contribution in [0.1, 0.15) is 42.7 Å². The number of fused-ring (bicyclic) bond motifs is 1. The number of hydrogen-bond donors (Lipinski definition) is 1. The van der Waals surface area contributed by atoms with Crippen LogP contribution in [0.15, 0.2) is 51.7 Å². The molecule has 1 fully saturated rings. The minimum Gasteiger partial charge on any atom is -0.407 e. The first-order valence-corrected chi connectivity index (χ1v) is 10.9. The van der Waals surface area contributed by atoms with Gasteiger partial charge in [-0.25, -0.2) is 14.0 Å². The van der Waals surface area contributed by atoms with E-state index in [2.05, 4.69) is 29.4 Å². The highest BCUT2D eigenvalue weighted by Crippen LogP contribution is 2.31. The molecule has 0 radical (unpaired) electrons. The zero-order chi connectivity index (χ0) is 21.8. The summed E-state index contributed by atoms with van der Waals surface area (Å²) < 4.78 is 21.0. The summed E-state index contributed by atoms with van der Waals surface area (Å²) in [5, 5.41) is 2.74. The van der Waals surface area contributed by atoms with Crippen molar-refractivity contribution in [1.29, 1.82) is 0 Å². The van der Waals surface area contributed by atoms with E-state index in [1.807, 2.05) is 18.2 Å². The second-order valence-corrected chi connectivity index (χ2v) is 8.30. The molecule has 3 aromatic rings. The maximum absolute atomic E-state index is 14.9. The Labute approximate surface area is 180 Å². The average Bonchev–Trinajstić information content (AvgIpc) is 3.09. The van der Waals surface area contributed by atoms with E-state index < -0.39 is 17.6 Å². The van der Waals surface area contributed by atoms with Crippen molar-refractivity contribution in [2.45, 2.75) is 38.0 Å². The Kier molecular flexibility index (Phi) is 6.51. The van der Waals surface area contributed by atoms with Gasteiger partial charge in [0.05, 0.1) is 0 Å². The fraction of sp³-hybridized carbons (Fsp3) is 0.417. The Morgan fingerprint density at radius 3 is 2.65 bits per heavy atom. The number of aromatic nitrogens is 1. The normalized spacial score (nSPS) is 15.4. The summed E-state index contributed by atoms with van der Waals surface area (Å²) in [7, 11) is 2.05. The third-order valence-electron chi connectivity index (χ3n) is 6.07. The molecule has 1 amide bonds. The smallest absolute Gasteiger partial charge is 0.407 e. The lowest BCUT2D eigenvalue weighted by Crippen LogP contribution is -2.34. The van der Waals surface area contributed by atoms with Gasteiger partial charge in [0.1, 0.15) is 11.3 Å². The molecule has 1 saturated heterocycles. The van der Waals surface area contributed by atoms with E-state index in [4.69, 9.17) is 4.42 Å². The number of carbonyl (C=O) groups is 1. The Balaban J connectivity index is 1.41. The molecule has 0 atom stereocenters. The molecule has 6 nitrogen and oxygen atoms in total. The van der Waals surface area contributed by atoms with Crippen LogP contribution in [-0.2, 0) is 6.42 Å². The van der Waals surface area contributed by atoms with Crippen molar-refractivity contribution in [1.82, 2.24) is 14.8 Å². The number of aryl methyl sites for hydroxylation is 1. The summed E-state index contributed by atoms with van der Waals surface area (Å²) in [5.74, 6) is -1.10. The third-order valence-corrected chi connectivity index (χ3v) is 6.07. The number of halogens is 1. The van der Waals surface area contributed by atoms with Gasteiger partial charge in [0.2, 0.25) is 0 Å². The molecule has 1 aromatic heterocycles. The largest absolute Gasteiger partial charge is 0.428 e. The van der Waals surface area contributed by atoms with Gasteiger partial charge in [-0.15, -0.1) is 0 Å². The van der Waals surface area contributed by atoms with E-state index in [9.17, 15) is 14.0 Å². The van der Waals surface area contributed by atoms with Crippen molar-refractivity contribution in [2.75, 3.05) is 26.7 Å². The number of rotatable bonds is 6. The lowest BCUT2D eigenvalue weighted by Gasteiger charge is -2.29. The van der Waals surface area contributed by atoms with Crippen LogP contribution in [0.4, 0.5) is 9.18 Å². The predicted molar refractivity (Wildman–Crippen MR) is 118 cm³/mol. The molecular formula is C24H28FN3O3. The summed E-state index contributed by atoms with van der Waals surface area (Å²) in [6.45, 7) is 2.24. The van der Waals surface area contributed by atoms with Crippen molar-refractivity contribution in [3.8, 4) is 0 Å². The highest BCUT2D eigenvalue weighted by Gasteiger charge is 2.24. The molecule has 0 saturated carbocycles. The minimum atomic E-state index is -0.795. The molecule has 2 aromatic carbocycles. The number of oxazole rings is 1. The van der Waals surface area contributed by atoms with Crippen LogP contribution in [0.3, 0.4) is 0 Å². The van der Waals surface area contributed by atoms with Crippen LogP contribution >= 0.6 is 0 Å². The van der Waals surface area contributed by atoms with Gasteiger partial charge in [-0.05, 0) is 75.4 Å². The summed E-state index contributed by atoms with van der Waals surface area (Å²) >= 11 is 0. The molecule has 0 bridgehead atoms. The first-order chi connectivity index (χ1) is 15.0. The molecular weight excluding hydrogens is 397 g/mol. The molecule has 1 aliphatic rings. The minimum absolute atomic E-state index is 0.0905. The summed E-state index contributed by atoms with van der Waals surface area (Å²) in [6, 6.07) is 12.4. The Morgan fingerprint density at radius 1 is 1.16 bits per heavy atom. The number of piperidine rings is 1. The average molecular weight is 426 g/mol. The van der Waals surface area contributed by atoms with Crippen LogP contribution in [0.25, 0.3) is 11.1 Å². The maximum atomic E-state index is 14.9. The molecule has 7 heteroatoms. The number of unbranched alkanes of at least 4 members (excludes halogenated alkanes) is 1. The van der Waals surface area contributed by atoms with Gasteiger partial charge in [-0.2, -0.15) is 4.57 Å². The van der Waals surface area contributed by atoms with Crippen molar-refractivity contribution in [3.63, 3.8) is 0 Å². The van der Waals surface area contributed by atoms with Gasteiger partial charge in [0.15, 0.2) is 5.58 Å². The first kappa shape index (κ1) is 21.3. The lowest BCUT2D eigenvalue weighted by atomic mass is 9.89. The fourth-order valence-electron chi connectivity index (χ4n) is 4.25. The van der Waals surface area contributed by atoms with Crippen molar-refractivity contribution >= 4 is 17.1 Å². The second kappa shape index (κ2) is 9.47. The maximum Gasteiger partial charge on any atom is 0.428 e. The van der Waals surface area contributed by atoms with Crippen LogP contribution in [0.2, 0.25) is 0 Å². The zero-order valence-corrected chi connectivity index (χ0v) is 17.8. The van der Waals surface area contributed by atoms with E-state index in [-0.39, 0.29) is 17.0 Å². The Bertz CT molecular complexity index is 1100. The molecule has 0 spiro atoms. The van der Waals surface area contributed by atoms with Crippen LogP contribution in [-0.4, -0.2) is 42.2 Å². The quantitative estimate of drug-likeness (QED) is 0.603. The summed E-state index contributed by atoms with van der Waals surface area (Å²) in [5.41, 5.74) is 2.23. The van der Waals surface area contributed by atoms with E-state index in [1.54, 1.807) is 6.07 Å². The fourth-order valence-corrected chi connectivity index (χ4v) is 4.25. The number of benzene rings is 2. The molecule has 4 rings (SSSR count). The summed E-state index contributed by atoms with van der Waals surface area (Å²) in [4.78, 5) is 27.1. The number of amides is 1. The van der Waals surface area contributed by atoms with Gasteiger partial charge in [0.25, 0.3) is 0 Å². The monoisotopic (exact) mass is 425 g/mol. The topological polar surface area (TPSA) is 67.5 Å². The zero-order valence-electron chi connectivity index (χ0n) is 17.8. The molecule has 0 unspecified atom stereocenters. The van der Waals surface area contributed by atoms with Crippen LogP contribution in [0.5, 0.6) is 0 Å². The van der Waals surface area contributed by atoms with Gasteiger partial charge in [0, 0.05) is 12.6 Å². The lowest BCUT2D eigenvalue weighted by molar-refractivity contribution is 0.241. The number of nitrogens with zero attached hydrogens (tertiary/aromatic N) is 2. The highest BCUT2D eigenvalue weighted by atomic mass is 19.1.